The van der Waals surface area contributed by atoms with Gasteiger partial charge in [-0.05, 0) is 17.2 Å². The number of benzene rings is 1. The first-order chi connectivity index (χ1) is 9.95. The van der Waals surface area contributed by atoms with Gasteiger partial charge in [0, 0.05) is 18.7 Å². The molecule has 0 amide bonds. The monoisotopic (exact) mass is 365 g/mol. The summed E-state index contributed by atoms with van der Waals surface area (Å²) in [6.07, 6.45) is 0. The van der Waals surface area contributed by atoms with Crippen LogP contribution in [0.25, 0.3) is 0 Å². The Hall–Kier alpha value is -1.01. The topological polar surface area (TPSA) is 29.0 Å². The number of alkyl halides is 2. The summed E-state index contributed by atoms with van der Waals surface area (Å²) >= 11 is 11.6. The zero-order chi connectivity index (χ0) is 15.0. The molecule has 0 unspecified atom stereocenters. The minimum Gasteiger partial charge on any atom is -0.288 e. The molecule has 0 bridgehead atoms. The molecule has 0 atom stereocenters. The SMILES string of the molecule is Cl.FC1(F)CN(Cc2ccccc2)Cc2c(Cl)nc(Cl)nc21. The van der Waals surface area contributed by atoms with E-state index in [1.807, 2.05) is 30.3 Å². The highest BCUT2D eigenvalue weighted by Crippen LogP contribution is 2.38. The average Bonchev–Trinajstić information content (AvgIpc) is 2.41. The summed E-state index contributed by atoms with van der Waals surface area (Å²) in [7, 11) is 0. The summed E-state index contributed by atoms with van der Waals surface area (Å²) in [6.45, 7) is 0.267. The van der Waals surface area contributed by atoms with Crippen molar-refractivity contribution in [1.29, 1.82) is 0 Å². The molecule has 1 aliphatic rings. The highest BCUT2D eigenvalue weighted by Gasteiger charge is 2.43. The number of nitrogens with zero attached hydrogens (tertiary/aromatic N) is 3. The van der Waals surface area contributed by atoms with Crippen molar-refractivity contribution in [3.8, 4) is 0 Å². The van der Waals surface area contributed by atoms with Crippen molar-refractivity contribution in [2.75, 3.05) is 6.54 Å². The van der Waals surface area contributed by atoms with E-state index < -0.39 is 12.5 Å². The van der Waals surface area contributed by atoms with E-state index in [0.29, 0.717) is 6.54 Å². The fraction of sp³-hybridized carbons (Fsp3) is 0.286. The molecule has 0 saturated carbocycles. The Bertz CT molecular complexity index is 668. The molecule has 0 N–H and O–H groups in total. The van der Waals surface area contributed by atoms with Crippen LogP contribution in [-0.2, 0) is 19.0 Å². The van der Waals surface area contributed by atoms with Crippen LogP contribution in [0.15, 0.2) is 30.3 Å². The quantitative estimate of drug-likeness (QED) is 0.586. The second-order valence-electron chi connectivity index (χ2n) is 4.95. The van der Waals surface area contributed by atoms with Crippen LogP contribution in [0, 0.1) is 0 Å². The van der Waals surface area contributed by atoms with Crippen molar-refractivity contribution in [1.82, 2.24) is 14.9 Å². The summed E-state index contributed by atoms with van der Waals surface area (Å²) < 4.78 is 28.5. The Kier molecular flexibility index (Phi) is 5.22. The smallest absolute Gasteiger partial charge is 0.288 e. The summed E-state index contributed by atoms with van der Waals surface area (Å²) in [4.78, 5) is 9.04. The lowest BCUT2D eigenvalue weighted by atomic mass is 10.0. The summed E-state index contributed by atoms with van der Waals surface area (Å²) in [5.41, 5.74) is 0.841. The fourth-order valence-corrected chi connectivity index (χ4v) is 2.90. The van der Waals surface area contributed by atoms with Crippen LogP contribution < -0.4 is 0 Å². The Labute approximate surface area is 142 Å². The van der Waals surface area contributed by atoms with Crippen molar-refractivity contribution in [2.45, 2.75) is 19.0 Å². The van der Waals surface area contributed by atoms with Gasteiger partial charge in [0.05, 0.1) is 6.54 Å². The van der Waals surface area contributed by atoms with Gasteiger partial charge in [0.15, 0.2) is 0 Å². The van der Waals surface area contributed by atoms with Crippen molar-refractivity contribution in [2.24, 2.45) is 0 Å². The molecule has 0 spiro atoms. The minimum absolute atomic E-state index is 0. The third-order valence-corrected chi connectivity index (χ3v) is 3.81. The molecular weight excluding hydrogens is 355 g/mol. The Morgan fingerprint density at radius 2 is 1.82 bits per heavy atom. The van der Waals surface area contributed by atoms with Gasteiger partial charge in [0.1, 0.15) is 10.8 Å². The normalized spacial score (nSPS) is 16.7. The van der Waals surface area contributed by atoms with Gasteiger partial charge in [0.25, 0.3) is 0 Å². The van der Waals surface area contributed by atoms with E-state index in [1.165, 1.54) is 0 Å². The average molecular weight is 367 g/mol. The minimum atomic E-state index is -3.10. The molecule has 1 aliphatic heterocycles. The lowest BCUT2D eigenvalue weighted by Crippen LogP contribution is -2.41. The standard InChI is InChI=1S/C14H11Cl2F2N3.ClH/c15-12-10-7-21(6-9-4-2-1-3-5-9)8-14(17,18)11(10)19-13(16)20-12;/h1-5H,6-8H2;1H. The van der Waals surface area contributed by atoms with Crippen LogP contribution in [0.4, 0.5) is 8.78 Å². The Balaban J connectivity index is 0.00000176. The van der Waals surface area contributed by atoms with Crippen LogP contribution >= 0.6 is 35.6 Å². The molecular formula is C14H12Cl3F2N3. The maximum atomic E-state index is 14.3. The van der Waals surface area contributed by atoms with Gasteiger partial charge in [0.2, 0.25) is 5.28 Å². The number of rotatable bonds is 2. The second-order valence-corrected chi connectivity index (χ2v) is 5.64. The van der Waals surface area contributed by atoms with Gasteiger partial charge in [-0.3, -0.25) is 4.90 Å². The summed E-state index contributed by atoms with van der Waals surface area (Å²) in [5, 5.41) is -0.266. The van der Waals surface area contributed by atoms with E-state index in [-0.39, 0.29) is 40.6 Å². The number of fused-ring (bicyclic) bond motifs is 1. The van der Waals surface area contributed by atoms with E-state index >= 15 is 0 Å². The van der Waals surface area contributed by atoms with E-state index in [2.05, 4.69) is 9.97 Å². The largest absolute Gasteiger partial charge is 0.302 e. The van der Waals surface area contributed by atoms with E-state index in [4.69, 9.17) is 23.2 Å². The van der Waals surface area contributed by atoms with E-state index in [9.17, 15) is 8.78 Å². The molecule has 3 rings (SSSR count). The van der Waals surface area contributed by atoms with Gasteiger partial charge in [-0.25, -0.2) is 9.97 Å². The Morgan fingerprint density at radius 3 is 2.50 bits per heavy atom. The van der Waals surface area contributed by atoms with Crippen molar-refractivity contribution in [3.63, 3.8) is 0 Å². The first-order valence-corrected chi connectivity index (χ1v) is 7.08. The van der Waals surface area contributed by atoms with Crippen LogP contribution in [0.1, 0.15) is 16.8 Å². The van der Waals surface area contributed by atoms with Gasteiger partial charge in [-0.2, -0.15) is 8.78 Å². The van der Waals surface area contributed by atoms with E-state index in [0.717, 1.165) is 5.56 Å². The van der Waals surface area contributed by atoms with Crippen molar-refractivity contribution in [3.05, 3.63) is 57.6 Å². The molecule has 0 radical (unpaired) electrons. The van der Waals surface area contributed by atoms with Crippen molar-refractivity contribution < 1.29 is 8.78 Å². The van der Waals surface area contributed by atoms with Gasteiger partial charge >= 0.3 is 5.92 Å². The second kappa shape index (κ2) is 6.62. The molecule has 3 nitrogen and oxygen atoms in total. The molecule has 8 heteroatoms. The molecule has 0 aliphatic carbocycles. The third kappa shape index (κ3) is 3.49. The molecule has 1 aromatic carbocycles. The lowest BCUT2D eigenvalue weighted by Gasteiger charge is -2.33. The first-order valence-electron chi connectivity index (χ1n) is 6.32. The molecule has 0 saturated heterocycles. The van der Waals surface area contributed by atoms with Crippen LogP contribution in [0.3, 0.4) is 0 Å². The molecule has 0 fully saturated rings. The number of hydrogen-bond donors (Lipinski definition) is 0. The summed E-state index contributed by atoms with van der Waals surface area (Å²) in [6, 6.07) is 9.43. The molecule has 2 aromatic rings. The van der Waals surface area contributed by atoms with Crippen molar-refractivity contribution >= 4 is 35.6 Å². The maximum absolute atomic E-state index is 14.3. The van der Waals surface area contributed by atoms with Gasteiger partial charge in [-0.1, -0.05) is 41.9 Å². The highest BCUT2D eigenvalue weighted by molar-refractivity contribution is 6.32. The number of halogens is 5. The zero-order valence-corrected chi connectivity index (χ0v) is 13.6. The summed E-state index contributed by atoms with van der Waals surface area (Å²) in [5.74, 6) is -3.10. The maximum Gasteiger partial charge on any atom is 0.302 e. The molecule has 2 heterocycles. The van der Waals surface area contributed by atoms with E-state index in [1.54, 1.807) is 4.90 Å². The van der Waals surface area contributed by atoms with Gasteiger partial charge < -0.3 is 0 Å². The first kappa shape index (κ1) is 17.3. The number of hydrogen-bond acceptors (Lipinski definition) is 3. The Morgan fingerprint density at radius 1 is 1.14 bits per heavy atom. The highest BCUT2D eigenvalue weighted by atomic mass is 35.5. The predicted molar refractivity (Wildman–Crippen MR) is 83.8 cm³/mol. The predicted octanol–water partition coefficient (Wildman–Crippen LogP) is 4.31. The van der Waals surface area contributed by atoms with Crippen LogP contribution in [-0.4, -0.2) is 21.4 Å². The van der Waals surface area contributed by atoms with Crippen LogP contribution in [0.5, 0.6) is 0 Å². The molecule has 22 heavy (non-hydrogen) atoms. The lowest BCUT2D eigenvalue weighted by molar-refractivity contribution is -0.0587. The zero-order valence-electron chi connectivity index (χ0n) is 11.3. The third-order valence-electron chi connectivity index (χ3n) is 3.33. The number of aromatic nitrogens is 2. The molecule has 118 valence electrons. The fourth-order valence-electron chi connectivity index (χ4n) is 2.46. The van der Waals surface area contributed by atoms with Crippen LogP contribution in [0.2, 0.25) is 10.4 Å². The molecule has 1 aromatic heterocycles. The van der Waals surface area contributed by atoms with Gasteiger partial charge in [-0.15, -0.1) is 12.4 Å².